The van der Waals surface area contributed by atoms with Crippen molar-refractivity contribution < 1.29 is 18.0 Å². The Labute approximate surface area is 119 Å². The molecule has 0 aliphatic heterocycles. The van der Waals surface area contributed by atoms with Gasteiger partial charge in [0.2, 0.25) is 0 Å². The molecule has 0 aromatic carbocycles. The molecule has 0 saturated heterocycles. The Morgan fingerprint density at radius 1 is 1.19 bits per heavy atom. The Bertz CT molecular complexity index is 651. The third-order valence-electron chi connectivity index (χ3n) is 3.02. The molecule has 0 fully saturated rings. The van der Waals surface area contributed by atoms with Crippen LogP contribution in [-0.4, -0.2) is 15.8 Å². The van der Waals surface area contributed by atoms with Gasteiger partial charge in [0.25, 0.3) is 0 Å². The van der Waals surface area contributed by atoms with Crippen molar-refractivity contribution in [1.82, 2.24) is 9.97 Å². The Balaban J connectivity index is 2.42. The first-order valence-electron chi connectivity index (χ1n) is 6.26. The first-order valence-corrected chi connectivity index (χ1v) is 6.26. The summed E-state index contributed by atoms with van der Waals surface area (Å²) < 4.78 is 37.5. The predicted molar refractivity (Wildman–Crippen MR) is 70.7 cm³/mol. The normalized spacial score (nSPS) is 13.0. The van der Waals surface area contributed by atoms with Crippen LogP contribution in [0.3, 0.4) is 0 Å². The van der Waals surface area contributed by atoms with Crippen molar-refractivity contribution in [3.8, 4) is 0 Å². The average molecular weight is 294 g/mol. The number of hydrogen-bond acceptors (Lipinski definition) is 3. The largest absolute Gasteiger partial charge is 0.433 e. The van der Waals surface area contributed by atoms with Gasteiger partial charge >= 0.3 is 6.18 Å². The molecule has 0 aliphatic rings. The number of hydrogen-bond donors (Lipinski definition) is 0. The van der Waals surface area contributed by atoms with Crippen molar-refractivity contribution in [1.29, 1.82) is 0 Å². The molecule has 21 heavy (non-hydrogen) atoms. The molecule has 1 atom stereocenters. The lowest BCUT2D eigenvalue weighted by molar-refractivity contribution is -0.141. The number of halogens is 3. The van der Waals surface area contributed by atoms with Crippen LogP contribution in [-0.2, 0) is 11.0 Å². The SMILES string of the molecule is CC(=O)C(c1ccc(C(F)(F)F)nc1)c1cccc(C)n1. The lowest BCUT2D eigenvalue weighted by atomic mass is 9.92. The highest BCUT2D eigenvalue weighted by atomic mass is 19.4. The van der Waals surface area contributed by atoms with Gasteiger partial charge < -0.3 is 0 Å². The van der Waals surface area contributed by atoms with E-state index < -0.39 is 17.8 Å². The summed E-state index contributed by atoms with van der Waals surface area (Å²) in [6, 6.07) is 7.36. The van der Waals surface area contributed by atoms with Crippen LogP contribution in [0.5, 0.6) is 0 Å². The van der Waals surface area contributed by atoms with Crippen molar-refractivity contribution in [2.24, 2.45) is 0 Å². The zero-order valence-electron chi connectivity index (χ0n) is 11.5. The first kappa shape index (κ1) is 15.2. The molecular weight excluding hydrogens is 281 g/mol. The second kappa shape index (κ2) is 5.63. The second-order valence-electron chi connectivity index (χ2n) is 4.72. The molecule has 110 valence electrons. The average Bonchev–Trinajstić information content (AvgIpc) is 2.38. The third kappa shape index (κ3) is 3.45. The van der Waals surface area contributed by atoms with E-state index in [-0.39, 0.29) is 5.78 Å². The van der Waals surface area contributed by atoms with Gasteiger partial charge in [0.1, 0.15) is 11.5 Å². The molecule has 0 aliphatic carbocycles. The molecule has 0 spiro atoms. The number of Topliss-reactive ketones (excluding diaryl/α,β-unsaturated/α-hetero) is 1. The van der Waals surface area contributed by atoms with Crippen molar-refractivity contribution >= 4 is 5.78 Å². The van der Waals surface area contributed by atoms with E-state index in [1.807, 2.05) is 0 Å². The van der Waals surface area contributed by atoms with Crippen LogP contribution in [0.4, 0.5) is 13.2 Å². The first-order chi connectivity index (χ1) is 9.79. The van der Waals surface area contributed by atoms with Gasteiger partial charge in [-0.15, -0.1) is 0 Å². The van der Waals surface area contributed by atoms with Gasteiger partial charge in [0, 0.05) is 11.9 Å². The number of alkyl halides is 3. The Morgan fingerprint density at radius 3 is 2.38 bits per heavy atom. The van der Waals surface area contributed by atoms with Crippen LogP contribution in [0.15, 0.2) is 36.5 Å². The molecule has 6 heteroatoms. The maximum atomic E-state index is 12.5. The highest BCUT2D eigenvalue weighted by molar-refractivity contribution is 5.86. The van der Waals surface area contributed by atoms with Gasteiger partial charge in [0.15, 0.2) is 0 Å². The molecule has 2 heterocycles. The van der Waals surface area contributed by atoms with E-state index in [2.05, 4.69) is 9.97 Å². The van der Waals surface area contributed by atoms with E-state index in [9.17, 15) is 18.0 Å². The zero-order chi connectivity index (χ0) is 15.6. The van der Waals surface area contributed by atoms with Crippen LogP contribution in [0.1, 0.15) is 35.5 Å². The molecule has 0 saturated carbocycles. The van der Waals surface area contributed by atoms with Crippen LogP contribution in [0, 0.1) is 6.92 Å². The summed E-state index contributed by atoms with van der Waals surface area (Å²) in [7, 11) is 0. The van der Waals surface area contributed by atoms with Gasteiger partial charge in [-0.3, -0.25) is 14.8 Å². The number of rotatable bonds is 3. The van der Waals surface area contributed by atoms with Crippen molar-refractivity contribution in [2.45, 2.75) is 25.9 Å². The molecule has 0 bridgehead atoms. The summed E-state index contributed by atoms with van der Waals surface area (Å²) in [5.74, 6) is -0.908. The van der Waals surface area contributed by atoms with Crippen LogP contribution < -0.4 is 0 Å². The molecule has 2 aromatic heterocycles. The number of ketones is 1. The monoisotopic (exact) mass is 294 g/mol. The third-order valence-corrected chi connectivity index (χ3v) is 3.02. The maximum absolute atomic E-state index is 12.5. The summed E-state index contributed by atoms with van der Waals surface area (Å²) in [6.45, 7) is 3.16. The highest BCUT2D eigenvalue weighted by Crippen LogP contribution is 2.29. The van der Waals surface area contributed by atoms with Crippen LogP contribution in [0.2, 0.25) is 0 Å². The summed E-state index contributed by atoms with van der Waals surface area (Å²) in [4.78, 5) is 19.5. The number of carbonyl (C=O) groups is 1. The fourth-order valence-electron chi connectivity index (χ4n) is 2.08. The lowest BCUT2D eigenvalue weighted by Gasteiger charge is -2.15. The standard InChI is InChI=1S/C15H13F3N2O/c1-9-4-3-5-12(20-9)14(10(2)21)11-6-7-13(19-8-11)15(16,17)18/h3-8,14H,1-2H3. The van der Waals surface area contributed by atoms with Gasteiger partial charge in [-0.05, 0) is 37.6 Å². The summed E-state index contributed by atoms with van der Waals surface area (Å²) in [5.41, 5.74) is 0.655. The summed E-state index contributed by atoms with van der Waals surface area (Å²) >= 11 is 0. The van der Waals surface area contributed by atoms with Gasteiger partial charge in [-0.2, -0.15) is 13.2 Å². The fraction of sp³-hybridized carbons (Fsp3) is 0.267. The second-order valence-corrected chi connectivity index (χ2v) is 4.72. The Hall–Kier alpha value is -2.24. The van der Waals surface area contributed by atoms with E-state index in [1.165, 1.54) is 13.0 Å². The molecule has 3 nitrogen and oxygen atoms in total. The van der Waals surface area contributed by atoms with Crippen molar-refractivity contribution in [3.05, 3.63) is 59.2 Å². The minimum atomic E-state index is -4.49. The molecule has 0 radical (unpaired) electrons. The van der Waals surface area contributed by atoms with E-state index in [0.717, 1.165) is 18.0 Å². The Kier molecular flexibility index (Phi) is 4.06. The van der Waals surface area contributed by atoms with Crippen molar-refractivity contribution in [3.63, 3.8) is 0 Å². The molecule has 0 N–H and O–H groups in total. The van der Waals surface area contributed by atoms with E-state index in [4.69, 9.17) is 0 Å². The fourth-order valence-corrected chi connectivity index (χ4v) is 2.08. The van der Waals surface area contributed by atoms with Gasteiger partial charge in [-0.25, -0.2) is 0 Å². The van der Waals surface area contributed by atoms with E-state index >= 15 is 0 Å². The number of nitrogens with zero attached hydrogens (tertiary/aromatic N) is 2. The lowest BCUT2D eigenvalue weighted by Crippen LogP contribution is -2.14. The quantitative estimate of drug-likeness (QED) is 0.869. The highest BCUT2D eigenvalue weighted by Gasteiger charge is 2.32. The van der Waals surface area contributed by atoms with Crippen LogP contribution in [0.25, 0.3) is 0 Å². The minimum absolute atomic E-state index is 0.199. The van der Waals surface area contributed by atoms with E-state index in [0.29, 0.717) is 11.3 Å². The van der Waals surface area contributed by atoms with Crippen LogP contribution >= 0.6 is 0 Å². The molecule has 0 amide bonds. The number of aryl methyl sites for hydroxylation is 1. The van der Waals surface area contributed by atoms with Crippen molar-refractivity contribution in [2.75, 3.05) is 0 Å². The van der Waals surface area contributed by atoms with Gasteiger partial charge in [0.05, 0.1) is 11.6 Å². The number of carbonyl (C=O) groups excluding carboxylic acids is 1. The van der Waals surface area contributed by atoms with Gasteiger partial charge in [-0.1, -0.05) is 12.1 Å². The molecular formula is C15H13F3N2O. The number of pyridine rings is 2. The number of aromatic nitrogens is 2. The molecule has 1 unspecified atom stereocenters. The molecule has 2 rings (SSSR count). The smallest absolute Gasteiger partial charge is 0.299 e. The van der Waals surface area contributed by atoms with E-state index in [1.54, 1.807) is 25.1 Å². The Morgan fingerprint density at radius 2 is 1.90 bits per heavy atom. The summed E-state index contributed by atoms with van der Waals surface area (Å²) in [5, 5.41) is 0. The maximum Gasteiger partial charge on any atom is 0.433 e. The summed E-state index contributed by atoms with van der Waals surface area (Å²) in [6.07, 6.45) is -3.41. The molecule has 2 aromatic rings. The topological polar surface area (TPSA) is 42.9 Å². The zero-order valence-corrected chi connectivity index (χ0v) is 11.5. The predicted octanol–water partition coefficient (Wildman–Crippen LogP) is 3.52. The minimum Gasteiger partial charge on any atom is -0.299 e.